The molecule has 20 heavy (non-hydrogen) atoms. The zero-order valence-corrected chi connectivity index (χ0v) is 12.9. The highest BCUT2D eigenvalue weighted by atomic mass is 35.5. The summed E-state index contributed by atoms with van der Waals surface area (Å²) in [5, 5.41) is 3.07. The van der Waals surface area contributed by atoms with Gasteiger partial charge in [0.05, 0.1) is 0 Å². The molecule has 3 nitrogen and oxygen atoms in total. The number of carbonyl (C=O) groups excluding carboxylic acids is 1. The van der Waals surface area contributed by atoms with Crippen molar-refractivity contribution in [1.82, 2.24) is 5.32 Å². The molecule has 0 heterocycles. The van der Waals surface area contributed by atoms with E-state index in [0.717, 1.165) is 32.1 Å². The number of halogens is 1. The normalized spacial score (nSPS) is 21.9. The number of carbonyl (C=O) groups is 1. The molecule has 3 N–H and O–H groups in total. The van der Waals surface area contributed by atoms with Gasteiger partial charge >= 0.3 is 0 Å². The lowest BCUT2D eigenvalue weighted by Gasteiger charge is -2.25. The summed E-state index contributed by atoms with van der Waals surface area (Å²) in [5.41, 5.74) is 8.47. The van der Waals surface area contributed by atoms with E-state index >= 15 is 0 Å². The van der Waals surface area contributed by atoms with Crippen LogP contribution in [-0.2, 0) is 17.8 Å². The van der Waals surface area contributed by atoms with Gasteiger partial charge in [-0.1, -0.05) is 37.6 Å². The van der Waals surface area contributed by atoms with Crippen LogP contribution in [0.5, 0.6) is 0 Å². The summed E-state index contributed by atoms with van der Waals surface area (Å²) in [6.45, 7) is 2.77. The minimum Gasteiger partial charge on any atom is -0.352 e. The van der Waals surface area contributed by atoms with Gasteiger partial charge in [-0.3, -0.25) is 4.79 Å². The smallest absolute Gasteiger partial charge is 0.223 e. The fourth-order valence-corrected chi connectivity index (χ4v) is 2.87. The van der Waals surface area contributed by atoms with Crippen LogP contribution in [0.3, 0.4) is 0 Å². The van der Waals surface area contributed by atoms with Crippen molar-refractivity contribution in [2.24, 2.45) is 11.7 Å². The third kappa shape index (κ3) is 4.50. The van der Waals surface area contributed by atoms with Gasteiger partial charge in [0.15, 0.2) is 0 Å². The number of amides is 1. The molecule has 0 bridgehead atoms. The number of aryl methyl sites for hydroxylation is 1. The Morgan fingerprint density at radius 3 is 2.65 bits per heavy atom. The molecule has 2 rings (SSSR count). The Hall–Kier alpha value is -1.06. The summed E-state index contributed by atoms with van der Waals surface area (Å²) in [5.74, 6) is 0.276. The zero-order chi connectivity index (χ0) is 13.7. The molecule has 112 valence electrons. The van der Waals surface area contributed by atoms with Crippen LogP contribution in [0, 0.1) is 5.92 Å². The van der Waals surface area contributed by atoms with Gasteiger partial charge in [-0.2, -0.15) is 0 Å². The van der Waals surface area contributed by atoms with Crippen LogP contribution >= 0.6 is 12.4 Å². The molecule has 0 spiro atoms. The topological polar surface area (TPSA) is 55.1 Å². The lowest BCUT2D eigenvalue weighted by Crippen LogP contribution is -2.37. The molecule has 1 aromatic carbocycles. The highest BCUT2D eigenvalue weighted by molar-refractivity contribution is 5.85. The van der Waals surface area contributed by atoms with Crippen molar-refractivity contribution in [3.05, 3.63) is 35.4 Å². The van der Waals surface area contributed by atoms with Crippen LogP contribution < -0.4 is 11.1 Å². The van der Waals surface area contributed by atoms with E-state index in [1.165, 1.54) is 11.1 Å². The maximum atomic E-state index is 12.1. The molecular formula is C16H25ClN2O. The molecule has 0 saturated heterocycles. The first-order chi connectivity index (χ1) is 9.20. The standard InChI is InChI=1S/C16H24N2O.ClH/c1-2-12-6-3-4-7-14(12)11-18-16(19)13-8-5-9-15(17)10-13;/h3-4,6-7,13,15H,2,5,8-11,17H2,1H3,(H,18,19);1H. The predicted octanol–water partition coefficient (Wildman–Crippen LogP) is 2.80. The van der Waals surface area contributed by atoms with Crippen LogP contribution in [-0.4, -0.2) is 11.9 Å². The summed E-state index contributed by atoms with van der Waals surface area (Å²) in [6.07, 6.45) is 4.95. The van der Waals surface area contributed by atoms with Crippen molar-refractivity contribution in [3.63, 3.8) is 0 Å². The van der Waals surface area contributed by atoms with Gasteiger partial charge in [-0.25, -0.2) is 0 Å². The number of hydrogen-bond acceptors (Lipinski definition) is 2. The van der Waals surface area contributed by atoms with Gasteiger partial charge in [-0.15, -0.1) is 12.4 Å². The SMILES string of the molecule is CCc1ccccc1CNC(=O)C1CCCC(N)C1.Cl. The fraction of sp³-hybridized carbons (Fsp3) is 0.562. The molecule has 0 radical (unpaired) electrons. The van der Waals surface area contributed by atoms with Crippen molar-refractivity contribution in [2.45, 2.75) is 51.6 Å². The number of rotatable bonds is 4. The molecule has 2 atom stereocenters. The molecule has 1 saturated carbocycles. The first-order valence-electron chi connectivity index (χ1n) is 7.30. The van der Waals surface area contributed by atoms with E-state index in [4.69, 9.17) is 5.73 Å². The first kappa shape index (κ1) is 17.0. The van der Waals surface area contributed by atoms with Gasteiger partial charge in [0, 0.05) is 18.5 Å². The summed E-state index contributed by atoms with van der Waals surface area (Å²) in [6, 6.07) is 8.48. The Morgan fingerprint density at radius 2 is 2.00 bits per heavy atom. The molecule has 1 amide bonds. The maximum absolute atomic E-state index is 12.1. The Labute approximate surface area is 127 Å². The number of hydrogen-bond donors (Lipinski definition) is 2. The summed E-state index contributed by atoms with van der Waals surface area (Å²) in [7, 11) is 0. The zero-order valence-electron chi connectivity index (χ0n) is 12.1. The lowest BCUT2D eigenvalue weighted by atomic mass is 9.85. The van der Waals surface area contributed by atoms with Gasteiger partial charge in [0.25, 0.3) is 0 Å². The first-order valence-corrected chi connectivity index (χ1v) is 7.30. The van der Waals surface area contributed by atoms with Crippen molar-refractivity contribution in [2.75, 3.05) is 0 Å². The second kappa shape index (κ2) is 8.28. The van der Waals surface area contributed by atoms with Gasteiger partial charge in [0.1, 0.15) is 0 Å². The van der Waals surface area contributed by atoms with Crippen molar-refractivity contribution in [1.29, 1.82) is 0 Å². The molecule has 2 unspecified atom stereocenters. The predicted molar refractivity (Wildman–Crippen MR) is 84.8 cm³/mol. The Bertz CT molecular complexity index is 436. The molecule has 1 fully saturated rings. The van der Waals surface area contributed by atoms with Gasteiger partial charge in [-0.05, 0) is 36.8 Å². The second-order valence-electron chi connectivity index (χ2n) is 5.46. The van der Waals surface area contributed by atoms with Crippen LogP contribution in [0.25, 0.3) is 0 Å². The highest BCUT2D eigenvalue weighted by Crippen LogP contribution is 2.23. The van der Waals surface area contributed by atoms with Crippen LogP contribution in [0.1, 0.15) is 43.7 Å². The van der Waals surface area contributed by atoms with Gasteiger partial charge in [0.2, 0.25) is 5.91 Å². The highest BCUT2D eigenvalue weighted by Gasteiger charge is 2.24. The van der Waals surface area contributed by atoms with Crippen molar-refractivity contribution >= 4 is 18.3 Å². The molecule has 4 heteroatoms. The second-order valence-corrected chi connectivity index (χ2v) is 5.46. The summed E-state index contributed by atoms with van der Waals surface area (Å²) >= 11 is 0. The number of nitrogens with one attached hydrogen (secondary N) is 1. The molecule has 0 aromatic heterocycles. The van der Waals surface area contributed by atoms with E-state index < -0.39 is 0 Å². The summed E-state index contributed by atoms with van der Waals surface area (Å²) in [4.78, 5) is 12.1. The molecule has 1 aliphatic rings. The Morgan fingerprint density at radius 1 is 1.30 bits per heavy atom. The average molecular weight is 297 g/mol. The van der Waals surface area contributed by atoms with E-state index in [1.54, 1.807) is 0 Å². The quantitative estimate of drug-likeness (QED) is 0.898. The molecule has 1 aliphatic carbocycles. The molecule has 0 aliphatic heterocycles. The van der Waals surface area contributed by atoms with E-state index in [9.17, 15) is 4.79 Å². The maximum Gasteiger partial charge on any atom is 0.223 e. The molecular weight excluding hydrogens is 272 g/mol. The van der Waals surface area contributed by atoms with Gasteiger partial charge < -0.3 is 11.1 Å². The van der Waals surface area contributed by atoms with Crippen molar-refractivity contribution < 1.29 is 4.79 Å². The number of benzene rings is 1. The van der Waals surface area contributed by atoms with Crippen LogP contribution in [0.2, 0.25) is 0 Å². The lowest BCUT2D eigenvalue weighted by molar-refractivity contribution is -0.126. The average Bonchev–Trinajstić information content (AvgIpc) is 2.45. The Kier molecular flexibility index (Phi) is 7.03. The Balaban J connectivity index is 0.00000200. The van der Waals surface area contributed by atoms with Crippen LogP contribution in [0.15, 0.2) is 24.3 Å². The van der Waals surface area contributed by atoms with E-state index in [2.05, 4.69) is 24.4 Å². The largest absolute Gasteiger partial charge is 0.352 e. The van der Waals surface area contributed by atoms with E-state index in [1.807, 2.05) is 12.1 Å². The third-order valence-electron chi connectivity index (χ3n) is 4.04. The minimum absolute atomic E-state index is 0. The fourth-order valence-electron chi connectivity index (χ4n) is 2.87. The molecule has 1 aromatic rings. The third-order valence-corrected chi connectivity index (χ3v) is 4.04. The number of nitrogens with two attached hydrogens (primary N) is 1. The van der Waals surface area contributed by atoms with Crippen LogP contribution in [0.4, 0.5) is 0 Å². The van der Waals surface area contributed by atoms with E-state index in [0.29, 0.717) is 6.54 Å². The minimum atomic E-state index is 0. The summed E-state index contributed by atoms with van der Waals surface area (Å²) < 4.78 is 0. The van der Waals surface area contributed by atoms with Crippen molar-refractivity contribution in [3.8, 4) is 0 Å². The van der Waals surface area contributed by atoms with E-state index in [-0.39, 0.29) is 30.3 Å². The monoisotopic (exact) mass is 296 g/mol.